The number of morpholine rings is 1. The first-order chi connectivity index (χ1) is 12.9. The molecule has 28 heavy (non-hydrogen) atoms. The second-order valence-electron chi connectivity index (χ2n) is 6.60. The third-order valence-electron chi connectivity index (χ3n) is 4.10. The van der Waals surface area contributed by atoms with Crippen LogP contribution < -0.4 is 11.1 Å². The topological polar surface area (TPSA) is 115 Å². The number of hydrogen-bond donors (Lipinski definition) is 2. The van der Waals surface area contributed by atoms with E-state index in [2.05, 4.69) is 15.4 Å². The van der Waals surface area contributed by atoms with E-state index in [1.54, 1.807) is 16.5 Å². The van der Waals surface area contributed by atoms with Gasteiger partial charge in [0, 0.05) is 31.1 Å². The van der Waals surface area contributed by atoms with Gasteiger partial charge in [-0.25, -0.2) is 4.98 Å². The Morgan fingerprint density at radius 1 is 1.36 bits per heavy atom. The van der Waals surface area contributed by atoms with Gasteiger partial charge >= 0.3 is 0 Å². The number of carbonyl (C=O) groups excluding carboxylic acids is 2. The summed E-state index contributed by atoms with van der Waals surface area (Å²) >= 11 is 1.41. The number of anilines is 1. The van der Waals surface area contributed by atoms with Crippen molar-refractivity contribution in [1.82, 2.24) is 19.7 Å². The lowest BCUT2D eigenvalue weighted by atomic mass is 10.2. The predicted octanol–water partition coefficient (Wildman–Crippen LogP) is 1.15. The summed E-state index contributed by atoms with van der Waals surface area (Å²) in [4.78, 5) is 30.8. The number of ether oxygens (including phenoxy) is 1. The van der Waals surface area contributed by atoms with Crippen molar-refractivity contribution in [3.05, 3.63) is 28.5 Å². The lowest BCUT2D eigenvalue weighted by Crippen LogP contribution is -2.49. The van der Waals surface area contributed by atoms with E-state index in [-0.39, 0.29) is 43.0 Å². The zero-order chi connectivity index (χ0) is 19.4. The summed E-state index contributed by atoms with van der Waals surface area (Å²) in [6.45, 7) is 5.67. The Kier molecular flexibility index (Phi) is 7.93. The molecule has 0 aromatic carbocycles. The summed E-state index contributed by atoms with van der Waals surface area (Å²) < 4.78 is 7.17. The number of hydrogen-bond acceptors (Lipinski definition) is 7. The van der Waals surface area contributed by atoms with Gasteiger partial charge in [0.25, 0.3) is 5.91 Å². The van der Waals surface area contributed by atoms with Crippen LogP contribution in [0.15, 0.2) is 17.8 Å². The van der Waals surface area contributed by atoms with Crippen LogP contribution in [0.25, 0.3) is 0 Å². The molecule has 3 rings (SSSR count). The smallest absolute Gasteiger partial charge is 0.275 e. The zero-order valence-electron chi connectivity index (χ0n) is 15.8. The molecule has 0 spiro atoms. The van der Waals surface area contributed by atoms with Gasteiger partial charge < -0.3 is 20.7 Å². The molecular weight excluding hydrogens is 404 g/mol. The lowest BCUT2D eigenvalue weighted by molar-refractivity contribution is -0.144. The molecule has 0 radical (unpaired) electrons. The molecule has 1 saturated heterocycles. The number of aromatic nitrogens is 3. The highest BCUT2D eigenvalue weighted by Gasteiger charge is 2.26. The van der Waals surface area contributed by atoms with Crippen molar-refractivity contribution >= 4 is 41.2 Å². The Morgan fingerprint density at radius 3 is 2.75 bits per heavy atom. The average molecular weight is 429 g/mol. The van der Waals surface area contributed by atoms with Gasteiger partial charge in [-0.15, -0.1) is 23.7 Å². The van der Waals surface area contributed by atoms with Crippen molar-refractivity contribution in [3.8, 4) is 0 Å². The van der Waals surface area contributed by atoms with E-state index < -0.39 is 0 Å². The minimum Gasteiger partial charge on any atom is -0.372 e. The molecule has 0 saturated carbocycles. The number of rotatable bonds is 6. The first kappa shape index (κ1) is 22.3. The minimum absolute atomic E-state index is 0. The number of nitrogens with zero attached hydrogens (tertiary/aromatic N) is 4. The standard InChI is InChI=1S/C17H24N6O3S.ClH/c1-11-6-22(7-12(2)26-11)16(24)9-23-8-13(5-19-23)20-17(25)14-10-27-15(21-14)3-4-18;/h5,8,10-12H,3-4,6-7,9,18H2,1-2H3,(H,20,25);1H. The first-order valence-electron chi connectivity index (χ1n) is 8.86. The molecule has 2 unspecified atom stereocenters. The molecule has 1 fully saturated rings. The Bertz CT molecular complexity index is 800. The van der Waals surface area contributed by atoms with Crippen LogP contribution in [0.3, 0.4) is 0 Å². The van der Waals surface area contributed by atoms with Crippen LogP contribution in [-0.4, -0.2) is 63.3 Å². The molecule has 1 aliphatic rings. The van der Waals surface area contributed by atoms with E-state index in [1.165, 1.54) is 22.2 Å². The summed E-state index contributed by atoms with van der Waals surface area (Å²) in [5.41, 5.74) is 6.37. The maximum absolute atomic E-state index is 12.5. The van der Waals surface area contributed by atoms with Gasteiger partial charge in [-0.05, 0) is 20.4 Å². The van der Waals surface area contributed by atoms with Crippen molar-refractivity contribution < 1.29 is 14.3 Å². The molecule has 1 aliphatic heterocycles. The molecule has 2 atom stereocenters. The summed E-state index contributed by atoms with van der Waals surface area (Å²) in [6, 6.07) is 0. The number of carbonyl (C=O) groups is 2. The van der Waals surface area contributed by atoms with Gasteiger partial charge in [0.1, 0.15) is 12.2 Å². The third kappa shape index (κ3) is 5.74. The molecule has 154 valence electrons. The van der Waals surface area contributed by atoms with Gasteiger partial charge in [0.05, 0.1) is 29.1 Å². The van der Waals surface area contributed by atoms with Gasteiger partial charge in [0.15, 0.2) is 0 Å². The molecule has 0 bridgehead atoms. The molecule has 3 N–H and O–H groups in total. The highest BCUT2D eigenvalue weighted by Crippen LogP contribution is 2.14. The number of amides is 2. The van der Waals surface area contributed by atoms with Crippen LogP contribution >= 0.6 is 23.7 Å². The summed E-state index contributed by atoms with van der Waals surface area (Å²) in [6.07, 6.45) is 3.84. The number of nitrogens with one attached hydrogen (secondary N) is 1. The monoisotopic (exact) mass is 428 g/mol. The predicted molar refractivity (Wildman–Crippen MR) is 109 cm³/mol. The van der Waals surface area contributed by atoms with Gasteiger partial charge in [0.2, 0.25) is 5.91 Å². The quantitative estimate of drug-likeness (QED) is 0.713. The second kappa shape index (κ2) is 9.97. The normalized spacial score (nSPS) is 19.2. The van der Waals surface area contributed by atoms with Crippen LogP contribution in [0.2, 0.25) is 0 Å². The number of thiazole rings is 1. The summed E-state index contributed by atoms with van der Waals surface area (Å²) in [5, 5.41) is 9.44. The molecule has 3 heterocycles. The van der Waals surface area contributed by atoms with Crippen LogP contribution in [0.1, 0.15) is 29.3 Å². The molecule has 0 aliphatic carbocycles. The van der Waals surface area contributed by atoms with E-state index in [4.69, 9.17) is 10.5 Å². The number of nitrogens with two attached hydrogens (primary N) is 1. The van der Waals surface area contributed by atoms with Crippen LogP contribution in [0, 0.1) is 0 Å². The molecule has 2 aromatic rings. The van der Waals surface area contributed by atoms with E-state index in [9.17, 15) is 9.59 Å². The van der Waals surface area contributed by atoms with E-state index in [0.29, 0.717) is 37.4 Å². The zero-order valence-corrected chi connectivity index (χ0v) is 17.5. The van der Waals surface area contributed by atoms with Crippen LogP contribution in [-0.2, 0) is 22.5 Å². The fourth-order valence-electron chi connectivity index (χ4n) is 2.98. The highest BCUT2D eigenvalue weighted by molar-refractivity contribution is 7.09. The van der Waals surface area contributed by atoms with Crippen molar-refractivity contribution in [1.29, 1.82) is 0 Å². The minimum atomic E-state index is -0.309. The maximum Gasteiger partial charge on any atom is 0.275 e. The Hall–Kier alpha value is -2.01. The van der Waals surface area contributed by atoms with Crippen molar-refractivity contribution in [3.63, 3.8) is 0 Å². The molecule has 2 aromatic heterocycles. The summed E-state index contributed by atoms with van der Waals surface area (Å²) in [5.74, 6) is -0.333. The summed E-state index contributed by atoms with van der Waals surface area (Å²) in [7, 11) is 0. The molecule has 9 nitrogen and oxygen atoms in total. The highest BCUT2D eigenvalue weighted by atomic mass is 35.5. The van der Waals surface area contributed by atoms with Crippen molar-refractivity contribution in [2.24, 2.45) is 5.73 Å². The SMILES string of the molecule is CC1CN(C(=O)Cn2cc(NC(=O)c3csc(CCN)n3)cn2)CC(C)O1.Cl. The second-order valence-corrected chi connectivity index (χ2v) is 7.54. The van der Waals surface area contributed by atoms with Crippen molar-refractivity contribution in [2.45, 2.75) is 39.0 Å². The van der Waals surface area contributed by atoms with E-state index in [1.807, 2.05) is 13.8 Å². The van der Waals surface area contributed by atoms with E-state index >= 15 is 0 Å². The average Bonchev–Trinajstić information content (AvgIpc) is 3.24. The lowest BCUT2D eigenvalue weighted by Gasteiger charge is -2.35. The first-order valence-corrected chi connectivity index (χ1v) is 9.74. The fraction of sp³-hybridized carbons (Fsp3) is 0.529. The maximum atomic E-state index is 12.5. The largest absolute Gasteiger partial charge is 0.372 e. The Labute approximate surface area is 173 Å². The Morgan fingerprint density at radius 2 is 2.07 bits per heavy atom. The van der Waals surface area contributed by atoms with Gasteiger partial charge in [-0.1, -0.05) is 0 Å². The van der Waals surface area contributed by atoms with Crippen molar-refractivity contribution in [2.75, 3.05) is 25.0 Å². The van der Waals surface area contributed by atoms with Gasteiger partial charge in [-0.2, -0.15) is 5.10 Å². The number of halogens is 1. The third-order valence-corrected chi connectivity index (χ3v) is 5.01. The van der Waals surface area contributed by atoms with Crippen LogP contribution in [0.4, 0.5) is 5.69 Å². The van der Waals surface area contributed by atoms with E-state index in [0.717, 1.165) is 5.01 Å². The molecule has 2 amide bonds. The molecular formula is C17H25ClN6O3S. The van der Waals surface area contributed by atoms with Crippen LogP contribution in [0.5, 0.6) is 0 Å². The van der Waals surface area contributed by atoms with Gasteiger partial charge in [-0.3, -0.25) is 14.3 Å². The molecule has 11 heteroatoms. The fourth-order valence-corrected chi connectivity index (χ4v) is 3.78. The Balaban J connectivity index is 0.00000280.